The van der Waals surface area contributed by atoms with Gasteiger partial charge in [-0.3, -0.25) is 4.99 Å². The van der Waals surface area contributed by atoms with Crippen molar-refractivity contribution in [2.24, 2.45) is 4.99 Å². The van der Waals surface area contributed by atoms with Gasteiger partial charge < -0.3 is 5.73 Å². The number of alkyl halides is 3. The standard InChI is InChI=1S/C13H14F4N2/c1-11(15)6-13(16,17)12(2,19-7-11)9-5-8(18)3-4-10(9)14/h3-5,7H,6,18H2,1-2H3/t11-,12+/m0/s1. The number of hydrogen-bond donors (Lipinski definition) is 1. The fraction of sp³-hybridized carbons (Fsp3) is 0.462. The van der Waals surface area contributed by atoms with Gasteiger partial charge in [-0.1, -0.05) is 0 Å². The van der Waals surface area contributed by atoms with Crippen molar-refractivity contribution in [1.82, 2.24) is 0 Å². The lowest BCUT2D eigenvalue weighted by Gasteiger charge is -2.40. The Labute approximate surface area is 108 Å². The maximum Gasteiger partial charge on any atom is 0.280 e. The predicted octanol–water partition coefficient (Wildman–Crippen LogP) is 3.46. The number of rotatable bonds is 1. The maximum absolute atomic E-state index is 14.2. The topological polar surface area (TPSA) is 38.4 Å². The van der Waals surface area contributed by atoms with Gasteiger partial charge in [0.15, 0.2) is 0 Å². The van der Waals surface area contributed by atoms with Gasteiger partial charge >= 0.3 is 0 Å². The van der Waals surface area contributed by atoms with E-state index in [9.17, 15) is 17.6 Å². The molecule has 1 aliphatic rings. The summed E-state index contributed by atoms with van der Waals surface area (Å²) in [5.74, 6) is -4.35. The Bertz CT molecular complexity index is 539. The van der Waals surface area contributed by atoms with E-state index in [2.05, 4.69) is 4.99 Å². The van der Waals surface area contributed by atoms with E-state index in [0.29, 0.717) is 0 Å². The molecular formula is C13H14F4N2. The van der Waals surface area contributed by atoms with Crippen LogP contribution in [0.25, 0.3) is 0 Å². The molecule has 2 nitrogen and oxygen atoms in total. The van der Waals surface area contributed by atoms with Gasteiger partial charge in [-0.2, -0.15) is 0 Å². The quantitative estimate of drug-likeness (QED) is 0.618. The molecule has 0 bridgehead atoms. The number of hydrogen-bond acceptors (Lipinski definition) is 2. The molecule has 2 N–H and O–H groups in total. The molecule has 0 saturated heterocycles. The second kappa shape index (κ2) is 3.95. The number of nitrogens with two attached hydrogens (primary N) is 1. The van der Waals surface area contributed by atoms with Crippen LogP contribution in [0.5, 0.6) is 0 Å². The number of aliphatic imine (C=N–C) groups is 1. The molecule has 2 rings (SSSR count). The van der Waals surface area contributed by atoms with Crippen LogP contribution in [0.2, 0.25) is 0 Å². The molecule has 6 heteroatoms. The Kier molecular flexibility index (Phi) is 2.88. The minimum atomic E-state index is -3.51. The largest absolute Gasteiger partial charge is 0.399 e. The normalized spacial score (nSPS) is 33.4. The van der Waals surface area contributed by atoms with E-state index < -0.39 is 29.4 Å². The van der Waals surface area contributed by atoms with Crippen molar-refractivity contribution >= 4 is 11.9 Å². The van der Waals surface area contributed by atoms with E-state index in [1.165, 1.54) is 6.07 Å². The second-order valence-corrected chi connectivity index (χ2v) is 5.23. The Balaban J connectivity index is 2.62. The van der Waals surface area contributed by atoms with E-state index in [0.717, 1.165) is 32.2 Å². The van der Waals surface area contributed by atoms with E-state index in [4.69, 9.17) is 5.73 Å². The molecule has 0 aromatic heterocycles. The molecule has 1 aliphatic heterocycles. The van der Waals surface area contributed by atoms with Gasteiger partial charge in [-0.05, 0) is 32.0 Å². The van der Waals surface area contributed by atoms with E-state index in [1.807, 2.05) is 0 Å². The molecule has 0 aliphatic carbocycles. The second-order valence-electron chi connectivity index (χ2n) is 5.23. The summed E-state index contributed by atoms with van der Waals surface area (Å²) < 4.78 is 55.8. The van der Waals surface area contributed by atoms with Crippen LogP contribution >= 0.6 is 0 Å². The first-order valence-corrected chi connectivity index (χ1v) is 5.76. The third-order valence-electron chi connectivity index (χ3n) is 3.39. The molecule has 2 atom stereocenters. The lowest BCUT2D eigenvalue weighted by molar-refractivity contribution is -0.104. The van der Waals surface area contributed by atoms with E-state index >= 15 is 0 Å². The van der Waals surface area contributed by atoms with Crippen molar-refractivity contribution in [2.45, 2.75) is 37.4 Å². The van der Waals surface area contributed by atoms with Crippen LogP contribution in [-0.2, 0) is 5.54 Å². The molecule has 19 heavy (non-hydrogen) atoms. The SMILES string of the molecule is C[C@@]1(F)C=N[C@](C)(c2cc(N)ccc2F)C(F)(F)C1. The highest BCUT2D eigenvalue weighted by Gasteiger charge is 2.58. The van der Waals surface area contributed by atoms with Crippen LogP contribution in [-0.4, -0.2) is 17.8 Å². The Morgan fingerprint density at radius 3 is 2.42 bits per heavy atom. The molecule has 0 saturated carbocycles. The lowest BCUT2D eigenvalue weighted by atomic mass is 9.78. The van der Waals surface area contributed by atoms with Gasteiger partial charge in [0.25, 0.3) is 5.92 Å². The van der Waals surface area contributed by atoms with Crippen molar-refractivity contribution in [3.8, 4) is 0 Å². The summed E-state index contributed by atoms with van der Waals surface area (Å²) in [6.45, 7) is 2.09. The molecule has 1 aromatic rings. The molecule has 1 heterocycles. The maximum atomic E-state index is 14.2. The molecule has 0 fully saturated rings. The molecule has 104 valence electrons. The zero-order chi connectivity index (χ0) is 14.5. The van der Waals surface area contributed by atoms with Gasteiger partial charge in [0, 0.05) is 17.5 Å². The van der Waals surface area contributed by atoms with Crippen LogP contribution in [0.15, 0.2) is 23.2 Å². The molecule has 0 unspecified atom stereocenters. The van der Waals surface area contributed by atoms with Crippen LogP contribution in [0.4, 0.5) is 23.2 Å². The molecule has 0 radical (unpaired) electrons. The van der Waals surface area contributed by atoms with Crippen molar-refractivity contribution in [3.63, 3.8) is 0 Å². The fourth-order valence-electron chi connectivity index (χ4n) is 2.19. The van der Waals surface area contributed by atoms with Crippen LogP contribution < -0.4 is 5.73 Å². The average molecular weight is 274 g/mol. The highest BCUT2D eigenvalue weighted by Crippen LogP contribution is 2.49. The number of anilines is 1. The van der Waals surface area contributed by atoms with Gasteiger partial charge in [0.1, 0.15) is 17.0 Å². The highest BCUT2D eigenvalue weighted by molar-refractivity contribution is 5.71. The first kappa shape index (κ1) is 13.8. The Morgan fingerprint density at radius 1 is 1.21 bits per heavy atom. The van der Waals surface area contributed by atoms with Crippen LogP contribution in [0, 0.1) is 5.82 Å². The molecule has 0 spiro atoms. The summed E-state index contributed by atoms with van der Waals surface area (Å²) in [6.07, 6.45) is -0.235. The number of nitrogen functional groups attached to an aromatic ring is 1. The Hall–Kier alpha value is -1.59. The summed E-state index contributed by atoms with van der Waals surface area (Å²) in [6, 6.07) is 3.39. The molecule has 1 aromatic carbocycles. The Morgan fingerprint density at radius 2 is 1.84 bits per heavy atom. The van der Waals surface area contributed by atoms with Crippen molar-refractivity contribution < 1.29 is 17.6 Å². The predicted molar refractivity (Wildman–Crippen MR) is 65.7 cm³/mol. The smallest absolute Gasteiger partial charge is 0.280 e. The van der Waals surface area contributed by atoms with E-state index in [-0.39, 0.29) is 11.3 Å². The fourth-order valence-corrected chi connectivity index (χ4v) is 2.19. The summed E-state index contributed by atoms with van der Waals surface area (Å²) in [4.78, 5) is 3.59. The number of halogens is 4. The van der Waals surface area contributed by atoms with Crippen molar-refractivity contribution in [3.05, 3.63) is 29.6 Å². The van der Waals surface area contributed by atoms with Gasteiger partial charge in [0.05, 0.1) is 6.42 Å². The average Bonchev–Trinajstić information content (AvgIpc) is 2.26. The number of nitrogens with zero attached hydrogens (tertiary/aromatic N) is 1. The van der Waals surface area contributed by atoms with Crippen molar-refractivity contribution in [2.75, 3.05) is 5.73 Å². The van der Waals surface area contributed by atoms with Gasteiger partial charge in [0.2, 0.25) is 0 Å². The minimum absolute atomic E-state index is 0.150. The first-order valence-electron chi connectivity index (χ1n) is 5.76. The summed E-state index contributed by atoms with van der Waals surface area (Å²) >= 11 is 0. The summed E-state index contributed by atoms with van der Waals surface area (Å²) in [7, 11) is 0. The third-order valence-corrected chi connectivity index (χ3v) is 3.39. The first-order chi connectivity index (χ1) is 8.57. The monoisotopic (exact) mass is 274 g/mol. The zero-order valence-corrected chi connectivity index (χ0v) is 10.6. The summed E-state index contributed by atoms with van der Waals surface area (Å²) in [5, 5.41) is 0. The molecular weight excluding hydrogens is 260 g/mol. The van der Waals surface area contributed by atoms with Crippen LogP contribution in [0.3, 0.4) is 0 Å². The third kappa shape index (κ3) is 2.19. The number of benzene rings is 1. The van der Waals surface area contributed by atoms with Crippen molar-refractivity contribution in [1.29, 1.82) is 0 Å². The van der Waals surface area contributed by atoms with Crippen LogP contribution in [0.1, 0.15) is 25.8 Å². The van der Waals surface area contributed by atoms with Gasteiger partial charge in [-0.15, -0.1) is 0 Å². The highest BCUT2D eigenvalue weighted by atomic mass is 19.3. The van der Waals surface area contributed by atoms with E-state index in [1.54, 1.807) is 0 Å². The van der Waals surface area contributed by atoms with Gasteiger partial charge in [-0.25, -0.2) is 17.6 Å². The lowest BCUT2D eigenvalue weighted by Crippen LogP contribution is -2.50. The molecule has 0 amide bonds. The summed E-state index contributed by atoms with van der Waals surface area (Å²) in [5.41, 5.74) is 0.955. The minimum Gasteiger partial charge on any atom is -0.399 e. The zero-order valence-electron chi connectivity index (χ0n) is 10.6.